The second kappa shape index (κ2) is 3.20. The summed E-state index contributed by atoms with van der Waals surface area (Å²) in [6.45, 7) is 0. The molecule has 4 rings (SSSR count). The third-order valence-electron chi connectivity index (χ3n) is 4.08. The fourth-order valence-electron chi connectivity index (χ4n) is 2.89. The van der Waals surface area contributed by atoms with Crippen molar-refractivity contribution in [2.24, 2.45) is 0 Å². The Bertz CT molecular complexity index is 618. The number of alkyl halides is 1. The van der Waals surface area contributed by atoms with Crippen LogP contribution in [0.3, 0.4) is 0 Å². The lowest BCUT2D eigenvalue weighted by molar-refractivity contribution is 0.0330. The number of aliphatic hydroxyl groups is 1. The van der Waals surface area contributed by atoms with Gasteiger partial charge in [0.1, 0.15) is 11.8 Å². The molecule has 2 aromatic rings. The molecule has 1 fully saturated rings. The van der Waals surface area contributed by atoms with E-state index < -0.39 is 11.8 Å². The van der Waals surface area contributed by atoms with Crippen LogP contribution in [0.5, 0.6) is 0 Å². The number of halogens is 1. The summed E-state index contributed by atoms with van der Waals surface area (Å²) < 4.78 is 16.0. The Hall–Kier alpha value is -1.68. The summed E-state index contributed by atoms with van der Waals surface area (Å²) in [5.74, 6) is 0. The number of benzene rings is 1. The van der Waals surface area contributed by atoms with Gasteiger partial charge in [0.15, 0.2) is 0 Å². The number of aliphatic hydroxyl groups excluding tert-OH is 1. The number of hydrogen-bond donors (Lipinski definition) is 1. The largest absolute Gasteiger partial charge is 0.387 e. The van der Waals surface area contributed by atoms with Crippen LogP contribution in [0.2, 0.25) is 0 Å². The Balaban J connectivity index is 1.89. The number of aromatic nitrogens is 2. The molecule has 18 heavy (non-hydrogen) atoms. The van der Waals surface area contributed by atoms with Crippen molar-refractivity contribution in [3.05, 3.63) is 42.4 Å². The minimum absolute atomic E-state index is 0.341. The first-order valence-corrected chi connectivity index (χ1v) is 6.19. The van der Waals surface area contributed by atoms with Crippen molar-refractivity contribution in [2.45, 2.75) is 30.7 Å². The smallest absolute Gasteiger partial charge is 0.139 e. The first kappa shape index (κ1) is 10.3. The molecule has 1 aliphatic carbocycles. The van der Waals surface area contributed by atoms with E-state index in [-0.39, 0.29) is 6.04 Å². The van der Waals surface area contributed by atoms with Crippen molar-refractivity contribution < 1.29 is 9.50 Å². The van der Waals surface area contributed by atoms with E-state index in [1.807, 2.05) is 28.8 Å². The molecule has 0 amide bonds. The first-order chi connectivity index (χ1) is 8.71. The van der Waals surface area contributed by atoms with Crippen molar-refractivity contribution >= 4 is 0 Å². The molecule has 1 aromatic heterocycles. The van der Waals surface area contributed by atoms with E-state index in [0.717, 1.165) is 16.8 Å². The van der Waals surface area contributed by atoms with Crippen LogP contribution in [-0.4, -0.2) is 26.4 Å². The van der Waals surface area contributed by atoms with Crippen LogP contribution in [0.25, 0.3) is 11.3 Å². The highest BCUT2D eigenvalue weighted by Crippen LogP contribution is 2.51. The second-order valence-electron chi connectivity index (χ2n) is 5.20. The standard InChI is InChI=1S/C14H13FN2O/c15-14(5-6-14)13(18)12-10-4-2-1-3-9(10)11-7-16-8-17(11)12/h1-4,7-8,12-13,18H,5-6H2/t12?,13-/m1/s1. The maximum atomic E-state index is 14.2. The monoisotopic (exact) mass is 244 g/mol. The quantitative estimate of drug-likeness (QED) is 0.880. The summed E-state index contributed by atoms with van der Waals surface area (Å²) in [6, 6.07) is 7.49. The molecule has 1 aromatic carbocycles. The Morgan fingerprint density at radius 2 is 2.17 bits per heavy atom. The highest BCUT2D eigenvalue weighted by atomic mass is 19.1. The summed E-state index contributed by atoms with van der Waals surface area (Å²) >= 11 is 0. The van der Waals surface area contributed by atoms with Gasteiger partial charge in [-0.25, -0.2) is 9.37 Å². The van der Waals surface area contributed by atoms with E-state index in [1.54, 1.807) is 12.5 Å². The summed E-state index contributed by atoms with van der Waals surface area (Å²) in [5.41, 5.74) is 1.58. The van der Waals surface area contributed by atoms with Crippen LogP contribution >= 0.6 is 0 Å². The fourth-order valence-corrected chi connectivity index (χ4v) is 2.89. The molecular formula is C14H13FN2O. The average molecular weight is 244 g/mol. The van der Waals surface area contributed by atoms with Gasteiger partial charge >= 0.3 is 0 Å². The molecule has 0 radical (unpaired) electrons. The topological polar surface area (TPSA) is 38.1 Å². The van der Waals surface area contributed by atoms with Gasteiger partial charge in [-0.05, 0) is 18.4 Å². The van der Waals surface area contributed by atoms with Gasteiger partial charge in [0.2, 0.25) is 0 Å². The van der Waals surface area contributed by atoms with E-state index in [9.17, 15) is 9.50 Å². The van der Waals surface area contributed by atoms with Crippen molar-refractivity contribution in [3.63, 3.8) is 0 Å². The van der Waals surface area contributed by atoms with Gasteiger partial charge < -0.3 is 9.67 Å². The molecular weight excluding hydrogens is 231 g/mol. The minimum Gasteiger partial charge on any atom is -0.387 e. The summed E-state index contributed by atoms with van der Waals surface area (Å²) in [5, 5.41) is 10.3. The first-order valence-electron chi connectivity index (χ1n) is 6.19. The van der Waals surface area contributed by atoms with Crippen LogP contribution in [-0.2, 0) is 0 Å². The van der Waals surface area contributed by atoms with Crippen LogP contribution in [0.4, 0.5) is 4.39 Å². The number of fused-ring (bicyclic) bond motifs is 3. The van der Waals surface area contributed by atoms with E-state index in [0.29, 0.717) is 12.8 Å². The highest BCUT2D eigenvalue weighted by Gasteiger charge is 2.54. The summed E-state index contributed by atoms with van der Waals surface area (Å²) in [4.78, 5) is 4.11. The Morgan fingerprint density at radius 1 is 1.39 bits per heavy atom. The predicted octanol–water partition coefficient (Wildman–Crippen LogP) is 2.32. The molecule has 2 heterocycles. The van der Waals surface area contributed by atoms with Gasteiger partial charge in [0.05, 0.1) is 24.3 Å². The van der Waals surface area contributed by atoms with Crippen molar-refractivity contribution in [1.29, 1.82) is 0 Å². The summed E-state index contributed by atoms with van der Waals surface area (Å²) in [7, 11) is 0. The zero-order valence-electron chi connectivity index (χ0n) is 9.75. The van der Waals surface area contributed by atoms with Crippen molar-refractivity contribution in [3.8, 4) is 11.3 Å². The zero-order valence-corrected chi connectivity index (χ0v) is 9.75. The number of imidazole rings is 1. The fraction of sp³-hybridized carbons (Fsp3) is 0.357. The SMILES string of the molecule is O[C@H](C1c2ccccc2-c2cncn21)C1(F)CC1. The maximum Gasteiger partial charge on any atom is 0.139 e. The molecule has 0 spiro atoms. The lowest BCUT2D eigenvalue weighted by Crippen LogP contribution is -2.33. The predicted molar refractivity (Wildman–Crippen MR) is 64.9 cm³/mol. The normalized spacial score (nSPS) is 24.4. The maximum absolute atomic E-state index is 14.2. The van der Waals surface area contributed by atoms with Gasteiger partial charge in [-0.2, -0.15) is 0 Å². The van der Waals surface area contributed by atoms with Gasteiger partial charge in [-0.1, -0.05) is 24.3 Å². The molecule has 2 aliphatic rings. The molecule has 1 aliphatic heterocycles. The van der Waals surface area contributed by atoms with E-state index in [2.05, 4.69) is 4.98 Å². The van der Waals surface area contributed by atoms with Crippen LogP contribution in [0.1, 0.15) is 24.4 Å². The lowest BCUT2D eigenvalue weighted by Gasteiger charge is -2.24. The van der Waals surface area contributed by atoms with Gasteiger partial charge in [-0.15, -0.1) is 0 Å². The summed E-state index contributed by atoms with van der Waals surface area (Å²) in [6.07, 6.45) is 3.36. The molecule has 1 saturated carbocycles. The number of hydrogen-bond acceptors (Lipinski definition) is 2. The van der Waals surface area contributed by atoms with Gasteiger partial charge in [0, 0.05) is 5.56 Å². The van der Waals surface area contributed by atoms with Crippen molar-refractivity contribution in [1.82, 2.24) is 9.55 Å². The second-order valence-corrected chi connectivity index (χ2v) is 5.20. The van der Waals surface area contributed by atoms with Crippen LogP contribution in [0.15, 0.2) is 36.8 Å². The Morgan fingerprint density at radius 3 is 2.94 bits per heavy atom. The zero-order chi connectivity index (χ0) is 12.3. The van der Waals surface area contributed by atoms with Gasteiger partial charge in [-0.3, -0.25) is 0 Å². The average Bonchev–Trinajstić information content (AvgIpc) is 2.87. The molecule has 1 N–H and O–H groups in total. The van der Waals surface area contributed by atoms with Gasteiger partial charge in [0.25, 0.3) is 0 Å². The van der Waals surface area contributed by atoms with Crippen LogP contribution in [0, 0.1) is 0 Å². The molecule has 4 heteroatoms. The van der Waals surface area contributed by atoms with E-state index in [4.69, 9.17) is 0 Å². The Kier molecular flexibility index (Phi) is 1.83. The highest BCUT2D eigenvalue weighted by molar-refractivity contribution is 5.69. The molecule has 92 valence electrons. The number of nitrogens with zero attached hydrogens (tertiary/aromatic N) is 2. The van der Waals surface area contributed by atoms with E-state index >= 15 is 0 Å². The van der Waals surface area contributed by atoms with E-state index in [1.165, 1.54) is 0 Å². The molecule has 2 atom stereocenters. The van der Waals surface area contributed by atoms with Crippen molar-refractivity contribution in [2.75, 3.05) is 0 Å². The lowest BCUT2D eigenvalue weighted by atomic mass is 9.96. The van der Waals surface area contributed by atoms with Crippen LogP contribution < -0.4 is 0 Å². The number of rotatable bonds is 2. The molecule has 3 nitrogen and oxygen atoms in total. The molecule has 1 unspecified atom stereocenters. The third-order valence-corrected chi connectivity index (χ3v) is 4.08. The third kappa shape index (κ3) is 1.18. The molecule has 0 saturated heterocycles. The Labute approximate surface area is 104 Å². The minimum atomic E-state index is -1.41. The molecule has 0 bridgehead atoms.